The lowest BCUT2D eigenvalue weighted by atomic mass is 10.1. The van der Waals surface area contributed by atoms with Gasteiger partial charge in [0.25, 0.3) is 0 Å². The molecule has 1 aromatic heterocycles. The van der Waals surface area contributed by atoms with Gasteiger partial charge in [0.1, 0.15) is 0 Å². The number of benzene rings is 1. The molecule has 0 aliphatic carbocycles. The zero-order chi connectivity index (χ0) is 11.0. The summed E-state index contributed by atoms with van der Waals surface area (Å²) < 4.78 is 1.97. The van der Waals surface area contributed by atoms with Crippen LogP contribution < -0.4 is 5.73 Å². The Morgan fingerprint density at radius 1 is 1.27 bits per heavy atom. The smallest absolute Gasteiger partial charge is 0.0868 e. The van der Waals surface area contributed by atoms with Gasteiger partial charge in [0.05, 0.1) is 5.52 Å². The van der Waals surface area contributed by atoms with E-state index < -0.39 is 0 Å². The van der Waals surface area contributed by atoms with Crippen molar-refractivity contribution in [1.82, 2.24) is 4.98 Å². The normalized spacial score (nSPS) is 10.9. The van der Waals surface area contributed by atoms with Gasteiger partial charge in [-0.25, -0.2) is 0 Å². The Balaban J connectivity index is 2.85. The molecule has 0 aliphatic heterocycles. The van der Waals surface area contributed by atoms with Gasteiger partial charge in [-0.3, -0.25) is 4.98 Å². The molecular formula is C11H10Br2N2. The predicted octanol–water partition coefficient (Wildman–Crippen LogP) is 3.90. The third-order valence-electron chi connectivity index (χ3n) is 2.28. The number of nitrogens with zero attached hydrogens (tertiary/aromatic N) is 1. The SMILES string of the molecule is CCc1cc(N)c2cc(Br)cc(Br)c2n1. The van der Waals surface area contributed by atoms with E-state index in [-0.39, 0.29) is 0 Å². The van der Waals surface area contributed by atoms with E-state index in [0.29, 0.717) is 0 Å². The van der Waals surface area contributed by atoms with E-state index in [1.54, 1.807) is 0 Å². The van der Waals surface area contributed by atoms with Gasteiger partial charge in [0.15, 0.2) is 0 Å². The van der Waals surface area contributed by atoms with Gasteiger partial charge in [-0.1, -0.05) is 22.9 Å². The quantitative estimate of drug-likeness (QED) is 0.861. The maximum Gasteiger partial charge on any atom is 0.0868 e. The van der Waals surface area contributed by atoms with Crippen LogP contribution in [0.25, 0.3) is 10.9 Å². The van der Waals surface area contributed by atoms with Crippen molar-refractivity contribution in [2.75, 3.05) is 5.73 Å². The van der Waals surface area contributed by atoms with Crippen LogP contribution >= 0.6 is 31.9 Å². The largest absolute Gasteiger partial charge is 0.398 e. The molecule has 0 fully saturated rings. The molecule has 78 valence electrons. The number of hydrogen-bond donors (Lipinski definition) is 1. The highest BCUT2D eigenvalue weighted by Gasteiger charge is 2.07. The van der Waals surface area contributed by atoms with Gasteiger partial charge in [-0.15, -0.1) is 0 Å². The Morgan fingerprint density at radius 2 is 2.00 bits per heavy atom. The summed E-state index contributed by atoms with van der Waals surface area (Å²) in [5.74, 6) is 0. The van der Waals surface area contributed by atoms with Crippen molar-refractivity contribution in [3.63, 3.8) is 0 Å². The minimum Gasteiger partial charge on any atom is -0.398 e. The van der Waals surface area contributed by atoms with Crippen LogP contribution in [-0.4, -0.2) is 4.98 Å². The third kappa shape index (κ3) is 2.01. The van der Waals surface area contributed by atoms with Crippen molar-refractivity contribution in [3.05, 3.63) is 32.8 Å². The Hall–Kier alpha value is -0.610. The van der Waals surface area contributed by atoms with Crippen molar-refractivity contribution in [2.45, 2.75) is 13.3 Å². The van der Waals surface area contributed by atoms with Crippen LogP contribution in [-0.2, 0) is 6.42 Å². The first-order chi connectivity index (χ1) is 7.11. The highest BCUT2D eigenvalue weighted by atomic mass is 79.9. The Kier molecular flexibility index (Phi) is 2.98. The van der Waals surface area contributed by atoms with E-state index in [1.807, 2.05) is 18.2 Å². The Bertz CT molecular complexity index is 523. The molecule has 4 heteroatoms. The summed E-state index contributed by atoms with van der Waals surface area (Å²) in [5, 5.41) is 0.980. The first kappa shape index (κ1) is 10.9. The van der Waals surface area contributed by atoms with E-state index in [2.05, 4.69) is 43.8 Å². The van der Waals surface area contributed by atoms with Crippen LogP contribution in [0.2, 0.25) is 0 Å². The molecule has 1 heterocycles. The zero-order valence-electron chi connectivity index (χ0n) is 8.22. The summed E-state index contributed by atoms with van der Waals surface area (Å²) in [6.07, 6.45) is 0.892. The number of nitrogens with two attached hydrogens (primary N) is 1. The number of nitrogen functional groups attached to an aromatic ring is 1. The topological polar surface area (TPSA) is 38.9 Å². The van der Waals surface area contributed by atoms with Crippen molar-refractivity contribution in [1.29, 1.82) is 0 Å². The number of aromatic nitrogens is 1. The lowest BCUT2D eigenvalue weighted by Crippen LogP contribution is -1.95. The highest BCUT2D eigenvalue weighted by Crippen LogP contribution is 2.30. The van der Waals surface area contributed by atoms with E-state index in [0.717, 1.165) is 37.7 Å². The first-order valence-electron chi connectivity index (χ1n) is 4.66. The van der Waals surface area contributed by atoms with E-state index in [1.165, 1.54) is 0 Å². The standard InChI is InChI=1S/C11H10Br2N2/c1-2-7-5-10(14)8-3-6(12)4-9(13)11(8)15-7/h3-5H,2H2,1H3,(H2,14,15). The second-order valence-electron chi connectivity index (χ2n) is 3.34. The Labute approximate surface area is 105 Å². The minimum atomic E-state index is 0.777. The van der Waals surface area contributed by atoms with Gasteiger partial charge in [0, 0.05) is 25.7 Å². The fourth-order valence-electron chi connectivity index (χ4n) is 1.51. The van der Waals surface area contributed by atoms with Crippen molar-refractivity contribution >= 4 is 48.5 Å². The molecule has 2 rings (SSSR count). The fourth-order valence-corrected chi connectivity index (χ4v) is 2.83. The lowest BCUT2D eigenvalue weighted by Gasteiger charge is -2.07. The number of halogens is 2. The summed E-state index contributed by atoms with van der Waals surface area (Å²) in [5.41, 5.74) is 8.71. The molecule has 0 atom stereocenters. The Morgan fingerprint density at radius 3 is 2.67 bits per heavy atom. The van der Waals surface area contributed by atoms with Gasteiger partial charge in [0.2, 0.25) is 0 Å². The molecule has 0 bridgehead atoms. The number of hydrogen-bond acceptors (Lipinski definition) is 2. The van der Waals surface area contributed by atoms with Crippen LogP contribution in [0.4, 0.5) is 5.69 Å². The summed E-state index contributed by atoms with van der Waals surface area (Å²) in [7, 11) is 0. The van der Waals surface area contributed by atoms with Crippen LogP contribution in [0.1, 0.15) is 12.6 Å². The molecule has 15 heavy (non-hydrogen) atoms. The van der Waals surface area contributed by atoms with Gasteiger partial charge >= 0.3 is 0 Å². The molecule has 0 saturated carbocycles. The molecule has 2 aromatic rings. The molecule has 0 radical (unpaired) electrons. The average molecular weight is 330 g/mol. The van der Waals surface area contributed by atoms with Crippen molar-refractivity contribution < 1.29 is 0 Å². The number of fused-ring (bicyclic) bond motifs is 1. The average Bonchev–Trinajstić information content (AvgIpc) is 2.19. The van der Waals surface area contributed by atoms with Crippen LogP contribution in [0.15, 0.2) is 27.1 Å². The lowest BCUT2D eigenvalue weighted by molar-refractivity contribution is 1.06. The van der Waals surface area contributed by atoms with E-state index in [9.17, 15) is 0 Å². The predicted molar refractivity (Wildman–Crippen MR) is 70.9 cm³/mol. The maximum absolute atomic E-state index is 5.99. The minimum absolute atomic E-state index is 0.777. The molecule has 2 nitrogen and oxygen atoms in total. The molecular weight excluding hydrogens is 320 g/mol. The fraction of sp³-hybridized carbons (Fsp3) is 0.182. The van der Waals surface area contributed by atoms with Gasteiger partial charge < -0.3 is 5.73 Å². The number of pyridine rings is 1. The molecule has 2 N–H and O–H groups in total. The third-order valence-corrected chi connectivity index (χ3v) is 3.34. The van der Waals surface area contributed by atoms with Crippen molar-refractivity contribution in [3.8, 4) is 0 Å². The maximum atomic E-state index is 5.99. The number of aryl methyl sites for hydroxylation is 1. The summed E-state index contributed by atoms with van der Waals surface area (Å²) in [6.45, 7) is 2.07. The molecule has 0 amide bonds. The number of anilines is 1. The van der Waals surface area contributed by atoms with Gasteiger partial charge in [-0.2, -0.15) is 0 Å². The van der Waals surface area contributed by atoms with Crippen molar-refractivity contribution in [2.24, 2.45) is 0 Å². The van der Waals surface area contributed by atoms with E-state index >= 15 is 0 Å². The zero-order valence-corrected chi connectivity index (χ0v) is 11.4. The van der Waals surface area contributed by atoms with Crippen LogP contribution in [0.3, 0.4) is 0 Å². The molecule has 0 saturated heterocycles. The van der Waals surface area contributed by atoms with Crippen LogP contribution in [0.5, 0.6) is 0 Å². The van der Waals surface area contributed by atoms with Gasteiger partial charge in [-0.05, 0) is 40.5 Å². The summed E-state index contributed by atoms with van der Waals surface area (Å²) in [6, 6.07) is 5.90. The molecule has 0 spiro atoms. The van der Waals surface area contributed by atoms with E-state index in [4.69, 9.17) is 5.73 Å². The molecule has 0 aliphatic rings. The monoisotopic (exact) mass is 328 g/mol. The second kappa shape index (κ2) is 4.10. The number of rotatable bonds is 1. The first-order valence-corrected chi connectivity index (χ1v) is 6.24. The molecule has 1 aromatic carbocycles. The second-order valence-corrected chi connectivity index (χ2v) is 5.11. The summed E-state index contributed by atoms with van der Waals surface area (Å²) in [4.78, 5) is 4.55. The highest BCUT2D eigenvalue weighted by molar-refractivity contribution is 9.11. The summed E-state index contributed by atoms with van der Waals surface area (Å²) >= 11 is 6.94. The molecule has 0 unspecified atom stereocenters. The van der Waals surface area contributed by atoms with Crippen LogP contribution in [0, 0.1) is 0 Å².